The van der Waals surface area contributed by atoms with Crippen LogP contribution in [0.2, 0.25) is 10.0 Å². The minimum atomic E-state index is 0.574. The van der Waals surface area contributed by atoms with Crippen LogP contribution in [0.5, 0.6) is 0 Å². The number of hydrogen-bond acceptors (Lipinski definition) is 3. The fourth-order valence-electron chi connectivity index (χ4n) is 1.93. The molecule has 2 rings (SSSR count). The molecule has 0 amide bonds. The lowest BCUT2D eigenvalue weighted by atomic mass is 10.2. The van der Waals surface area contributed by atoms with Gasteiger partial charge in [0.15, 0.2) is 5.82 Å². The highest BCUT2D eigenvalue weighted by atomic mass is 35.5. The van der Waals surface area contributed by atoms with Gasteiger partial charge in [-0.3, -0.25) is 4.68 Å². The first-order valence-corrected chi connectivity index (χ1v) is 6.81. The Morgan fingerprint density at radius 2 is 1.89 bits per heavy atom. The first-order valence-electron chi connectivity index (χ1n) is 6.05. The molecule has 1 heterocycles. The zero-order valence-electron chi connectivity index (χ0n) is 10.9. The smallest absolute Gasteiger partial charge is 0.152 e. The highest BCUT2D eigenvalue weighted by Gasteiger charge is 2.13. The van der Waals surface area contributed by atoms with Gasteiger partial charge in [-0.05, 0) is 24.6 Å². The van der Waals surface area contributed by atoms with Crippen LogP contribution in [0.4, 0.5) is 17.2 Å². The number of aromatic nitrogens is 2. The van der Waals surface area contributed by atoms with Crippen molar-refractivity contribution in [2.75, 3.05) is 11.1 Å². The van der Waals surface area contributed by atoms with Crippen molar-refractivity contribution in [3.05, 3.63) is 33.9 Å². The number of nitrogen functional groups attached to an aromatic ring is 1. The van der Waals surface area contributed by atoms with Crippen molar-refractivity contribution < 1.29 is 0 Å². The number of aryl methyl sites for hydroxylation is 2. The number of benzene rings is 1. The van der Waals surface area contributed by atoms with E-state index < -0.39 is 0 Å². The van der Waals surface area contributed by atoms with Crippen LogP contribution in [0.15, 0.2) is 18.2 Å². The van der Waals surface area contributed by atoms with Crippen molar-refractivity contribution in [1.82, 2.24) is 9.78 Å². The third kappa shape index (κ3) is 3.14. The summed E-state index contributed by atoms with van der Waals surface area (Å²) >= 11 is 11.9. The second kappa shape index (κ2) is 5.72. The number of nitrogens with zero attached hydrogens (tertiary/aromatic N) is 2. The van der Waals surface area contributed by atoms with Crippen molar-refractivity contribution >= 4 is 40.4 Å². The zero-order valence-corrected chi connectivity index (χ0v) is 12.4. The molecule has 0 spiro atoms. The first kappa shape index (κ1) is 14.0. The summed E-state index contributed by atoms with van der Waals surface area (Å²) in [6, 6.07) is 5.27. The second-order valence-electron chi connectivity index (χ2n) is 4.37. The van der Waals surface area contributed by atoms with E-state index in [1.807, 2.05) is 7.05 Å². The van der Waals surface area contributed by atoms with Gasteiger partial charge in [0.2, 0.25) is 0 Å². The molecule has 6 heteroatoms. The molecule has 4 nitrogen and oxygen atoms in total. The van der Waals surface area contributed by atoms with Crippen molar-refractivity contribution in [2.45, 2.75) is 19.8 Å². The summed E-state index contributed by atoms with van der Waals surface area (Å²) in [6.07, 6.45) is 1.86. The third-order valence-corrected chi connectivity index (χ3v) is 3.21. The molecule has 0 atom stereocenters. The summed E-state index contributed by atoms with van der Waals surface area (Å²) in [4.78, 5) is 0. The van der Waals surface area contributed by atoms with Crippen molar-refractivity contribution in [2.24, 2.45) is 7.05 Å². The van der Waals surface area contributed by atoms with Gasteiger partial charge in [0.05, 0.1) is 11.4 Å². The Bertz CT molecular complexity index is 572. The molecule has 1 aromatic carbocycles. The standard InChI is InChI=1S/C13H16Cl2N4/c1-3-4-11-12(16)13(19(2)18-11)17-10-6-8(14)5-9(15)7-10/h5-7,17H,3-4,16H2,1-2H3. The van der Waals surface area contributed by atoms with Gasteiger partial charge in [-0.25, -0.2) is 0 Å². The molecule has 2 aromatic rings. The van der Waals surface area contributed by atoms with Crippen LogP contribution < -0.4 is 11.1 Å². The van der Waals surface area contributed by atoms with E-state index in [0.717, 1.165) is 30.0 Å². The Kier molecular flexibility index (Phi) is 4.22. The molecule has 0 unspecified atom stereocenters. The van der Waals surface area contributed by atoms with E-state index in [-0.39, 0.29) is 0 Å². The van der Waals surface area contributed by atoms with Crippen molar-refractivity contribution in [3.63, 3.8) is 0 Å². The van der Waals surface area contributed by atoms with Gasteiger partial charge >= 0.3 is 0 Å². The lowest BCUT2D eigenvalue weighted by Crippen LogP contribution is -2.01. The van der Waals surface area contributed by atoms with Crippen LogP contribution >= 0.6 is 23.2 Å². The van der Waals surface area contributed by atoms with Gasteiger partial charge in [-0.15, -0.1) is 0 Å². The Labute approximate surface area is 122 Å². The van der Waals surface area contributed by atoms with Crippen LogP contribution in [0, 0.1) is 0 Å². The molecule has 0 saturated carbocycles. The Morgan fingerprint density at radius 3 is 2.47 bits per heavy atom. The molecule has 1 aromatic heterocycles. The topological polar surface area (TPSA) is 55.9 Å². The van der Waals surface area contributed by atoms with E-state index in [1.165, 1.54) is 0 Å². The number of hydrogen-bond donors (Lipinski definition) is 2. The minimum absolute atomic E-state index is 0.574. The lowest BCUT2D eigenvalue weighted by molar-refractivity contribution is 0.740. The van der Waals surface area contributed by atoms with Crippen LogP contribution in [0.1, 0.15) is 19.0 Å². The van der Waals surface area contributed by atoms with Gasteiger partial charge in [-0.2, -0.15) is 5.10 Å². The minimum Gasteiger partial charge on any atom is -0.394 e. The van der Waals surface area contributed by atoms with Crippen molar-refractivity contribution in [3.8, 4) is 0 Å². The molecule has 19 heavy (non-hydrogen) atoms. The largest absolute Gasteiger partial charge is 0.394 e. The molecule has 0 bridgehead atoms. The number of nitrogens with one attached hydrogen (secondary N) is 1. The summed E-state index contributed by atoms with van der Waals surface area (Å²) < 4.78 is 1.73. The molecule has 0 aliphatic heterocycles. The van der Waals surface area contributed by atoms with Gasteiger partial charge in [0.25, 0.3) is 0 Å². The summed E-state index contributed by atoms with van der Waals surface area (Å²) in [7, 11) is 1.85. The Hall–Kier alpha value is -1.39. The van der Waals surface area contributed by atoms with E-state index in [1.54, 1.807) is 22.9 Å². The van der Waals surface area contributed by atoms with Crippen LogP contribution in [0.3, 0.4) is 0 Å². The summed E-state index contributed by atoms with van der Waals surface area (Å²) in [5.41, 5.74) is 8.46. The summed E-state index contributed by atoms with van der Waals surface area (Å²) in [5, 5.41) is 8.76. The predicted molar refractivity (Wildman–Crippen MR) is 81.4 cm³/mol. The quantitative estimate of drug-likeness (QED) is 0.897. The maximum Gasteiger partial charge on any atom is 0.152 e. The number of nitrogens with two attached hydrogens (primary N) is 1. The molecule has 0 aliphatic carbocycles. The van der Waals surface area contributed by atoms with Gasteiger partial charge in [0.1, 0.15) is 0 Å². The predicted octanol–water partition coefficient (Wildman–Crippen LogP) is 4.01. The van der Waals surface area contributed by atoms with Crippen LogP contribution in [-0.2, 0) is 13.5 Å². The van der Waals surface area contributed by atoms with Gasteiger partial charge in [-0.1, -0.05) is 36.5 Å². The third-order valence-electron chi connectivity index (χ3n) is 2.77. The molecule has 102 valence electrons. The maximum atomic E-state index is 6.10. The highest BCUT2D eigenvalue weighted by Crippen LogP contribution is 2.29. The zero-order chi connectivity index (χ0) is 14.0. The molecule has 0 fully saturated rings. The summed E-state index contributed by atoms with van der Waals surface area (Å²) in [5.74, 6) is 0.752. The van der Waals surface area contributed by atoms with Crippen molar-refractivity contribution in [1.29, 1.82) is 0 Å². The Morgan fingerprint density at radius 1 is 1.26 bits per heavy atom. The average Bonchev–Trinajstić information content (AvgIpc) is 2.56. The second-order valence-corrected chi connectivity index (χ2v) is 5.24. The molecule has 0 radical (unpaired) electrons. The van der Waals surface area contributed by atoms with E-state index in [0.29, 0.717) is 15.7 Å². The number of halogens is 2. The number of anilines is 3. The van der Waals surface area contributed by atoms with Crippen LogP contribution in [0.25, 0.3) is 0 Å². The lowest BCUT2D eigenvalue weighted by Gasteiger charge is -2.08. The molecular formula is C13H16Cl2N4. The van der Waals surface area contributed by atoms with E-state index in [2.05, 4.69) is 17.3 Å². The molecular weight excluding hydrogens is 283 g/mol. The molecule has 0 aliphatic rings. The fraction of sp³-hybridized carbons (Fsp3) is 0.308. The SMILES string of the molecule is CCCc1nn(C)c(Nc2cc(Cl)cc(Cl)c2)c1N. The van der Waals surface area contributed by atoms with Gasteiger partial charge < -0.3 is 11.1 Å². The van der Waals surface area contributed by atoms with Gasteiger partial charge in [0, 0.05) is 22.8 Å². The normalized spacial score (nSPS) is 10.7. The highest BCUT2D eigenvalue weighted by molar-refractivity contribution is 6.35. The Balaban J connectivity index is 2.32. The fourth-order valence-corrected chi connectivity index (χ4v) is 2.45. The van der Waals surface area contributed by atoms with E-state index in [4.69, 9.17) is 28.9 Å². The summed E-state index contributed by atoms with van der Waals surface area (Å²) in [6.45, 7) is 2.10. The monoisotopic (exact) mass is 298 g/mol. The van der Waals surface area contributed by atoms with Crippen LogP contribution in [-0.4, -0.2) is 9.78 Å². The first-order chi connectivity index (χ1) is 9.01. The van der Waals surface area contributed by atoms with E-state index >= 15 is 0 Å². The van der Waals surface area contributed by atoms with E-state index in [9.17, 15) is 0 Å². The average molecular weight is 299 g/mol. The molecule has 3 N–H and O–H groups in total. The molecule has 0 saturated heterocycles. The maximum absolute atomic E-state index is 6.10. The number of rotatable bonds is 4.